The standard InChI is InChI=1S/C12H13.3C2H5O.Hf/c1-10(11-6-2-3-7-11)12-8-4-5-9-12;3*1-2-3;/h2-6,8,10H,1,7,9H2;3*2H2,1H3;/q4*-1;+4. The summed E-state index contributed by atoms with van der Waals surface area (Å²) in [4.78, 5) is 0. The molecule has 4 heteroatoms. The van der Waals surface area contributed by atoms with Crippen molar-refractivity contribution in [1.29, 1.82) is 0 Å². The average molecular weight is 471 g/mol. The summed E-state index contributed by atoms with van der Waals surface area (Å²) in [7, 11) is 0. The van der Waals surface area contributed by atoms with E-state index in [1.165, 1.54) is 11.1 Å². The molecule has 0 heterocycles. The maximum atomic E-state index is 8.93. The number of allylic oxidation sites excluding steroid dienone is 8. The van der Waals surface area contributed by atoms with Gasteiger partial charge in [-0.05, 0) is 12.8 Å². The van der Waals surface area contributed by atoms with Crippen molar-refractivity contribution in [2.75, 3.05) is 19.8 Å². The molecule has 0 amide bonds. The zero-order valence-electron chi connectivity index (χ0n) is 14.0. The zero-order chi connectivity index (χ0) is 16.5. The van der Waals surface area contributed by atoms with Crippen LogP contribution in [0.4, 0.5) is 0 Å². The minimum Gasteiger partial charge on any atom is -0.855 e. The van der Waals surface area contributed by atoms with Crippen molar-refractivity contribution >= 4 is 0 Å². The number of hydrogen-bond acceptors (Lipinski definition) is 3. The number of rotatable bonds is 2. The van der Waals surface area contributed by atoms with E-state index < -0.39 is 0 Å². The third kappa shape index (κ3) is 14.6. The molecular formula is C18H28HfO3. The summed E-state index contributed by atoms with van der Waals surface area (Å²) >= 11 is 0. The second-order valence-corrected chi connectivity index (χ2v) is 4.17. The minimum atomic E-state index is 0. The minimum absolute atomic E-state index is 0. The monoisotopic (exact) mass is 472 g/mol. The zero-order valence-corrected chi connectivity index (χ0v) is 17.6. The van der Waals surface area contributed by atoms with Crippen molar-refractivity contribution < 1.29 is 41.2 Å². The molecule has 0 saturated heterocycles. The molecule has 0 aromatic heterocycles. The molecule has 0 aliphatic heterocycles. The van der Waals surface area contributed by atoms with Gasteiger partial charge in [0.1, 0.15) is 0 Å². The summed E-state index contributed by atoms with van der Waals surface area (Å²) in [6.45, 7) is 8.89. The first-order chi connectivity index (χ1) is 10.1. The SMILES string of the molecule is CC[O-].CC[O-].CC[O-].[CH2-]C(C1=CC=CC1)C1=CC=CC1.[Hf+4]. The predicted molar refractivity (Wildman–Crippen MR) is 84.2 cm³/mol. The smallest absolute Gasteiger partial charge is 0.855 e. The Kier molecular flexibility index (Phi) is 25.0. The molecule has 0 bridgehead atoms. The van der Waals surface area contributed by atoms with Gasteiger partial charge in [0.25, 0.3) is 0 Å². The van der Waals surface area contributed by atoms with Crippen LogP contribution in [0, 0.1) is 12.8 Å². The third-order valence-electron chi connectivity index (χ3n) is 2.50. The Balaban J connectivity index is -0.000000307. The molecule has 122 valence electrons. The van der Waals surface area contributed by atoms with Gasteiger partial charge < -0.3 is 22.2 Å². The van der Waals surface area contributed by atoms with Crippen molar-refractivity contribution in [3.63, 3.8) is 0 Å². The van der Waals surface area contributed by atoms with Gasteiger partial charge in [-0.25, -0.2) is 0 Å². The van der Waals surface area contributed by atoms with Crippen molar-refractivity contribution in [3.05, 3.63) is 54.5 Å². The van der Waals surface area contributed by atoms with Crippen LogP contribution >= 0.6 is 0 Å². The molecule has 0 radical (unpaired) electrons. The predicted octanol–water partition coefficient (Wildman–Crippen LogP) is 1.31. The quantitative estimate of drug-likeness (QED) is 0.451. The van der Waals surface area contributed by atoms with Gasteiger partial charge in [-0.1, -0.05) is 68.4 Å². The van der Waals surface area contributed by atoms with Crippen LogP contribution in [0.15, 0.2) is 47.6 Å². The van der Waals surface area contributed by atoms with E-state index >= 15 is 0 Å². The molecule has 0 N–H and O–H groups in total. The molecule has 0 aromatic carbocycles. The molecule has 0 unspecified atom stereocenters. The van der Waals surface area contributed by atoms with Gasteiger partial charge in [0.2, 0.25) is 0 Å². The van der Waals surface area contributed by atoms with Crippen LogP contribution in [0.25, 0.3) is 0 Å². The van der Waals surface area contributed by atoms with Gasteiger partial charge in [0.05, 0.1) is 0 Å². The van der Waals surface area contributed by atoms with Crippen molar-refractivity contribution in [1.82, 2.24) is 0 Å². The molecule has 2 aliphatic rings. The fraction of sp³-hybridized carbons (Fsp3) is 0.500. The Hall–Kier alpha value is -0.290. The van der Waals surface area contributed by atoms with Crippen molar-refractivity contribution in [2.45, 2.75) is 33.6 Å². The molecule has 2 rings (SSSR count). The molecule has 0 atom stereocenters. The number of hydrogen-bond donors (Lipinski definition) is 0. The summed E-state index contributed by atoms with van der Waals surface area (Å²) in [5, 5.41) is 26.8. The van der Waals surface area contributed by atoms with Crippen LogP contribution in [-0.4, -0.2) is 19.8 Å². The van der Waals surface area contributed by atoms with Crippen LogP contribution < -0.4 is 15.3 Å². The Labute approximate surface area is 154 Å². The van der Waals surface area contributed by atoms with Gasteiger partial charge in [0, 0.05) is 0 Å². The average Bonchev–Trinajstić information content (AvgIpc) is 3.15. The van der Waals surface area contributed by atoms with Crippen molar-refractivity contribution in [3.8, 4) is 0 Å². The van der Waals surface area contributed by atoms with E-state index in [0.29, 0.717) is 5.92 Å². The molecule has 3 nitrogen and oxygen atoms in total. The Morgan fingerprint density at radius 3 is 1.32 bits per heavy atom. The molecule has 0 saturated carbocycles. The summed E-state index contributed by atoms with van der Waals surface area (Å²) in [5.74, 6) is 0.398. The second kappa shape index (κ2) is 20.7. The Bertz CT molecular complexity index is 309. The first-order valence-corrected chi connectivity index (χ1v) is 7.41. The first kappa shape index (κ1) is 26.6. The van der Waals surface area contributed by atoms with E-state index in [1.807, 2.05) is 0 Å². The first-order valence-electron chi connectivity index (χ1n) is 7.41. The van der Waals surface area contributed by atoms with E-state index in [2.05, 4.69) is 43.4 Å². The largest absolute Gasteiger partial charge is 4.00 e. The van der Waals surface area contributed by atoms with E-state index in [4.69, 9.17) is 15.3 Å². The van der Waals surface area contributed by atoms with Gasteiger partial charge in [-0.15, -0.1) is 25.7 Å². The fourth-order valence-electron chi connectivity index (χ4n) is 1.68. The molecule has 0 aromatic rings. The molecule has 0 spiro atoms. The molecule has 22 heavy (non-hydrogen) atoms. The van der Waals surface area contributed by atoms with Gasteiger partial charge >= 0.3 is 25.8 Å². The van der Waals surface area contributed by atoms with Crippen LogP contribution in [0.3, 0.4) is 0 Å². The van der Waals surface area contributed by atoms with E-state index in [9.17, 15) is 0 Å². The molecular weight excluding hydrogens is 443 g/mol. The van der Waals surface area contributed by atoms with Crippen LogP contribution in [0.1, 0.15) is 33.6 Å². The van der Waals surface area contributed by atoms with E-state index in [1.54, 1.807) is 20.8 Å². The van der Waals surface area contributed by atoms with E-state index in [-0.39, 0.29) is 45.7 Å². The normalized spacial score (nSPS) is 13.6. The second-order valence-electron chi connectivity index (χ2n) is 4.17. The molecule has 2 aliphatic carbocycles. The van der Waals surface area contributed by atoms with Crippen LogP contribution in [0.5, 0.6) is 0 Å². The van der Waals surface area contributed by atoms with Gasteiger partial charge in [0.15, 0.2) is 0 Å². The van der Waals surface area contributed by atoms with Crippen LogP contribution in [0.2, 0.25) is 0 Å². The maximum Gasteiger partial charge on any atom is 4.00 e. The van der Waals surface area contributed by atoms with Crippen molar-refractivity contribution in [2.24, 2.45) is 5.92 Å². The summed E-state index contributed by atoms with van der Waals surface area (Å²) in [5.41, 5.74) is 2.90. The van der Waals surface area contributed by atoms with Crippen LogP contribution in [-0.2, 0) is 25.8 Å². The maximum absolute atomic E-state index is 8.93. The van der Waals surface area contributed by atoms with Gasteiger partial charge in [-0.3, -0.25) is 0 Å². The Morgan fingerprint density at radius 1 is 0.864 bits per heavy atom. The van der Waals surface area contributed by atoms with Gasteiger partial charge in [-0.2, -0.15) is 0 Å². The summed E-state index contributed by atoms with van der Waals surface area (Å²) < 4.78 is 0. The Morgan fingerprint density at radius 2 is 1.14 bits per heavy atom. The van der Waals surface area contributed by atoms with E-state index in [0.717, 1.165) is 12.8 Å². The summed E-state index contributed by atoms with van der Waals surface area (Å²) in [6, 6.07) is 0. The fourth-order valence-corrected chi connectivity index (χ4v) is 1.68. The topological polar surface area (TPSA) is 69.2 Å². The molecule has 0 fully saturated rings. The summed E-state index contributed by atoms with van der Waals surface area (Å²) in [6.07, 6.45) is 15.2. The third-order valence-corrected chi connectivity index (χ3v) is 2.50.